The van der Waals surface area contributed by atoms with Gasteiger partial charge < -0.3 is 15.5 Å². The van der Waals surface area contributed by atoms with E-state index in [-0.39, 0.29) is 5.56 Å². The second-order valence-corrected chi connectivity index (χ2v) is 9.93. The van der Waals surface area contributed by atoms with Crippen LogP contribution in [0.5, 0.6) is 0 Å². The highest BCUT2D eigenvalue weighted by atomic mass is 35.5. The number of hydrogen-bond donors (Lipinski definition) is 2. The smallest absolute Gasteiger partial charge is 0.260 e. The van der Waals surface area contributed by atoms with E-state index in [1.807, 2.05) is 50.4 Å². The first kappa shape index (κ1) is 25.1. The number of pyridine rings is 2. The predicted octanol–water partition coefficient (Wildman–Crippen LogP) is 3.90. The van der Waals surface area contributed by atoms with Gasteiger partial charge in [-0.25, -0.2) is 15.0 Å². The Morgan fingerprint density at radius 3 is 2.59 bits per heavy atom. The maximum absolute atomic E-state index is 13.6. The third-order valence-corrected chi connectivity index (χ3v) is 7.20. The summed E-state index contributed by atoms with van der Waals surface area (Å²) in [6.45, 7) is 8.74. The van der Waals surface area contributed by atoms with Gasteiger partial charge in [0.2, 0.25) is 5.95 Å². The van der Waals surface area contributed by atoms with Crippen molar-refractivity contribution >= 4 is 51.6 Å². The van der Waals surface area contributed by atoms with Gasteiger partial charge in [-0.05, 0) is 38.1 Å². The van der Waals surface area contributed by atoms with E-state index >= 15 is 0 Å². The van der Waals surface area contributed by atoms with E-state index in [1.165, 1.54) is 0 Å². The van der Waals surface area contributed by atoms with Crippen molar-refractivity contribution in [1.29, 1.82) is 0 Å². The number of amidine groups is 1. The molecule has 198 valence electrons. The van der Waals surface area contributed by atoms with Gasteiger partial charge in [-0.1, -0.05) is 23.7 Å². The van der Waals surface area contributed by atoms with Crippen LogP contribution in [0.3, 0.4) is 0 Å². The quantitative estimate of drug-likeness (QED) is 0.380. The zero-order valence-corrected chi connectivity index (χ0v) is 22.5. The summed E-state index contributed by atoms with van der Waals surface area (Å²) in [5.74, 6) is 1.66. The Kier molecular flexibility index (Phi) is 6.80. The van der Waals surface area contributed by atoms with Crippen LogP contribution in [0.4, 0.5) is 17.5 Å². The highest BCUT2D eigenvalue weighted by molar-refractivity contribution is 6.34. The zero-order valence-electron chi connectivity index (χ0n) is 21.8. The SMILES string of the molecule is CCn1c(=O)c(-c2ccc(C3=NCC(C)=N3)cc2Cl)cc2cnc(Nc3ccc(N4CCNCC4)cn3)nc21. The van der Waals surface area contributed by atoms with E-state index in [4.69, 9.17) is 11.6 Å². The fourth-order valence-corrected chi connectivity index (χ4v) is 5.14. The number of nitrogens with zero attached hydrogens (tertiary/aromatic N) is 7. The molecule has 6 rings (SSSR count). The Morgan fingerprint density at radius 2 is 1.90 bits per heavy atom. The maximum Gasteiger partial charge on any atom is 0.260 e. The van der Waals surface area contributed by atoms with Crippen molar-refractivity contribution in [2.75, 3.05) is 42.9 Å². The van der Waals surface area contributed by atoms with Gasteiger partial charge in [-0.2, -0.15) is 4.98 Å². The van der Waals surface area contributed by atoms with Crippen LogP contribution < -0.4 is 21.1 Å². The summed E-state index contributed by atoms with van der Waals surface area (Å²) in [5, 5.41) is 7.72. The molecule has 0 bridgehead atoms. The number of aliphatic imine (C=N–C) groups is 2. The van der Waals surface area contributed by atoms with E-state index in [9.17, 15) is 4.79 Å². The molecule has 0 saturated carbocycles. The minimum Gasteiger partial charge on any atom is -0.368 e. The fraction of sp³-hybridized carbons (Fsp3) is 0.286. The van der Waals surface area contributed by atoms with E-state index in [2.05, 4.69) is 40.5 Å². The number of rotatable bonds is 6. The Balaban J connectivity index is 1.30. The zero-order chi connectivity index (χ0) is 26.9. The molecule has 0 aliphatic carbocycles. The lowest BCUT2D eigenvalue weighted by molar-refractivity contribution is 0.589. The lowest BCUT2D eigenvalue weighted by Crippen LogP contribution is -2.43. The average molecular weight is 542 g/mol. The molecule has 4 aromatic rings. The second-order valence-electron chi connectivity index (χ2n) is 9.53. The molecular formula is C28H28ClN9O. The molecule has 2 aliphatic heterocycles. The van der Waals surface area contributed by atoms with Crippen molar-refractivity contribution < 1.29 is 0 Å². The number of aromatic nitrogens is 4. The standard InChI is InChI=1S/C28H28ClN9O/c1-3-38-26-19(12-22(27(38)39)21-6-4-18(13-23(21)29)25-32-14-17(2)34-25)15-33-28(36-26)35-24-7-5-20(16-31-24)37-10-8-30-9-11-37/h4-7,12-13,15-16,30H,3,8-11,14H2,1-2H3,(H,31,33,35,36). The van der Waals surface area contributed by atoms with Gasteiger partial charge in [0, 0.05) is 71.7 Å². The highest BCUT2D eigenvalue weighted by Gasteiger charge is 2.17. The molecule has 0 spiro atoms. The lowest BCUT2D eigenvalue weighted by atomic mass is 10.0. The summed E-state index contributed by atoms with van der Waals surface area (Å²) < 4.78 is 1.64. The number of anilines is 3. The molecule has 3 aromatic heterocycles. The molecule has 0 unspecified atom stereocenters. The van der Waals surface area contributed by atoms with E-state index < -0.39 is 0 Å². The van der Waals surface area contributed by atoms with Crippen molar-refractivity contribution in [1.82, 2.24) is 24.8 Å². The second kappa shape index (κ2) is 10.5. The Hall–Kier alpha value is -4.15. The monoisotopic (exact) mass is 541 g/mol. The molecule has 0 amide bonds. The van der Waals surface area contributed by atoms with Gasteiger partial charge in [-0.15, -0.1) is 0 Å². The number of nitrogens with one attached hydrogen (secondary N) is 2. The highest BCUT2D eigenvalue weighted by Crippen LogP contribution is 2.29. The van der Waals surface area contributed by atoms with Gasteiger partial charge >= 0.3 is 0 Å². The van der Waals surface area contributed by atoms with Gasteiger partial charge in [0.1, 0.15) is 11.5 Å². The molecule has 2 aliphatic rings. The third kappa shape index (κ3) is 5.00. The van der Waals surface area contributed by atoms with Crippen molar-refractivity contribution in [3.8, 4) is 11.1 Å². The first-order chi connectivity index (χ1) is 19.0. The first-order valence-electron chi connectivity index (χ1n) is 13.0. The fourth-order valence-electron chi connectivity index (χ4n) is 4.86. The van der Waals surface area contributed by atoms with E-state index in [1.54, 1.807) is 16.8 Å². The molecule has 39 heavy (non-hydrogen) atoms. The van der Waals surface area contributed by atoms with Gasteiger partial charge in [0.05, 0.1) is 18.4 Å². The molecule has 0 radical (unpaired) electrons. The van der Waals surface area contributed by atoms with Crippen LogP contribution >= 0.6 is 11.6 Å². The summed E-state index contributed by atoms with van der Waals surface area (Å²) in [4.78, 5) is 38.5. The largest absolute Gasteiger partial charge is 0.368 e. The lowest BCUT2D eigenvalue weighted by Gasteiger charge is -2.29. The number of hydrogen-bond acceptors (Lipinski definition) is 9. The molecule has 11 heteroatoms. The van der Waals surface area contributed by atoms with Crippen LogP contribution in [0, 0.1) is 0 Å². The molecule has 0 atom stereocenters. The summed E-state index contributed by atoms with van der Waals surface area (Å²) in [5.41, 5.74) is 4.37. The normalized spacial score (nSPS) is 15.4. The minimum atomic E-state index is -0.171. The molecule has 5 heterocycles. The number of piperazine rings is 1. The minimum absolute atomic E-state index is 0.171. The molecule has 10 nitrogen and oxygen atoms in total. The van der Waals surface area contributed by atoms with Crippen LogP contribution in [0.2, 0.25) is 5.02 Å². The van der Waals surface area contributed by atoms with Gasteiger partial charge in [-0.3, -0.25) is 14.4 Å². The Bertz CT molecular complexity index is 1670. The van der Waals surface area contributed by atoms with Crippen molar-refractivity contribution in [3.05, 3.63) is 69.7 Å². The molecule has 2 N–H and O–H groups in total. The summed E-state index contributed by atoms with van der Waals surface area (Å²) in [6.07, 6.45) is 3.56. The topological polar surface area (TPSA) is 113 Å². The summed E-state index contributed by atoms with van der Waals surface area (Å²) in [7, 11) is 0. The van der Waals surface area contributed by atoms with Crippen LogP contribution in [0.25, 0.3) is 22.2 Å². The number of halogens is 1. The van der Waals surface area contributed by atoms with Crippen molar-refractivity contribution in [2.24, 2.45) is 9.98 Å². The van der Waals surface area contributed by atoms with Crippen molar-refractivity contribution in [2.45, 2.75) is 20.4 Å². The molecular weight excluding hydrogens is 514 g/mol. The molecule has 1 aromatic carbocycles. The molecule has 1 saturated heterocycles. The molecule has 1 fully saturated rings. The van der Waals surface area contributed by atoms with Crippen LogP contribution in [-0.4, -0.2) is 63.8 Å². The van der Waals surface area contributed by atoms with Gasteiger partial charge in [0.15, 0.2) is 5.84 Å². The Labute approximate surface area is 230 Å². The van der Waals surface area contributed by atoms with E-state index in [0.29, 0.717) is 52.5 Å². The maximum atomic E-state index is 13.6. The summed E-state index contributed by atoms with van der Waals surface area (Å²) in [6, 6.07) is 11.3. The number of aryl methyl sites for hydroxylation is 1. The number of benzene rings is 1. The average Bonchev–Trinajstić information content (AvgIpc) is 3.40. The van der Waals surface area contributed by atoms with Crippen LogP contribution in [0.1, 0.15) is 19.4 Å². The van der Waals surface area contributed by atoms with Crippen LogP contribution in [0.15, 0.2) is 63.6 Å². The number of fused-ring (bicyclic) bond motifs is 1. The first-order valence-corrected chi connectivity index (χ1v) is 13.4. The Morgan fingerprint density at radius 1 is 1.05 bits per heavy atom. The van der Waals surface area contributed by atoms with Crippen molar-refractivity contribution in [3.63, 3.8) is 0 Å². The van der Waals surface area contributed by atoms with Crippen LogP contribution in [-0.2, 0) is 6.54 Å². The predicted molar refractivity (Wildman–Crippen MR) is 157 cm³/mol. The summed E-state index contributed by atoms with van der Waals surface area (Å²) >= 11 is 6.67. The van der Waals surface area contributed by atoms with E-state index in [0.717, 1.165) is 48.5 Å². The third-order valence-electron chi connectivity index (χ3n) is 6.88. The van der Waals surface area contributed by atoms with Gasteiger partial charge in [0.25, 0.3) is 5.56 Å².